The number of nitrogens with zero attached hydrogens (tertiary/aromatic N) is 1. The first-order valence-electron chi connectivity index (χ1n) is 5.79. The van der Waals surface area contributed by atoms with Crippen LogP contribution in [-0.2, 0) is 4.79 Å². The van der Waals surface area contributed by atoms with Crippen molar-refractivity contribution >= 4 is 5.78 Å². The van der Waals surface area contributed by atoms with Gasteiger partial charge in [-0.25, -0.2) is 0 Å². The Bertz CT molecular complexity index is 270. The predicted molar refractivity (Wildman–Crippen MR) is 58.8 cm³/mol. The van der Waals surface area contributed by atoms with Crippen LogP contribution in [0, 0.1) is 0 Å². The van der Waals surface area contributed by atoms with Crippen LogP contribution in [0.4, 0.5) is 13.2 Å². The lowest BCUT2D eigenvalue weighted by Gasteiger charge is -2.40. The SMILES string of the molecule is CC(C)(C(=O)CCC(F)(F)F)N1CCNCC1. The summed E-state index contributed by atoms with van der Waals surface area (Å²) < 4.78 is 36.2. The van der Waals surface area contributed by atoms with E-state index >= 15 is 0 Å². The molecule has 3 nitrogen and oxygen atoms in total. The molecule has 0 saturated carbocycles. The molecular formula is C11H19F3N2O. The summed E-state index contributed by atoms with van der Waals surface area (Å²) in [4.78, 5) is 13.8. The maximum Gasteiger partial charge on any atom is 0.389 e. The third-order valence-corrected chi connectivity index (χ3v) is 3.23. The molecule has 0 aromatic rings. The number of hydrogen-bond donors (Lipinski definition) is 1. The van der Waals surface area contributed by atoms with E-state index in [9.17, 15) is 18.0 Å². The van der Waals surface area contributed by atoms with Gasteiger partial charge in [0.15, 0.2) is 5.78 Å². The van der Waals surface area contributed by atoms with Crippen LogP contribution in [0.3, 0.4) is 0 Å². The average molecular weight is 252 g/mol. The minimum atomic E-state index is -4.25. The van der Waals surface area contributed by atoms with Crippen molar-refractivity contribution in [2.45, 2.75) is 38.4 Å². The zero-order valence-corrected chi connectivity index (χ0v) is 10.2. The molecule has 1 saturated heterocycles. The molecule has 0 aromatic heterocycles. The largest absolute Gasteiger partial charge is 0.389 e. The zero-order chi connectivity index (χ0) is 13.1. The van der Waals surface area contributed by atoms with Crippen molar-refractivity contribution in [2.75, 3.05) is 26.2 Å². The van der Waals surface area contributed by atoms with E-state index in [1.54, 1.807) is 13.8 Å². The summed E-state index contributed by atoms with van der Waals surface area (Å²) in [5.41, 5.74) is -0.798. The lowest BCUT2D eigenvalue weighted by Crippen LogP contribution is -2.57. The Labute approximate surface area is 99.4 Å². The van der Waals surface area contributed by atoms with Crippen LogP contribution in [0.25, 0.3) is 0 Å². The molecule has 0 aliphatic carbocycles. The second-order valence-corrected chi connectivity index (χ2v) is 4.83. The topological polar surface area (TPSA) is 32.3 Å². The molecule has 1 aliphatic rings. The lowest BCUT2D eigenvalue weighted by atomic mass is 9.92. The maximum absolute atomic E-state index is 12.1. The highest BCUT2D eigenvalue weighted by Crippen LogP contribution is 2.25. The molecule has 0 radical (unpaired) electrons. The Kier molecular flexibility index (Phi) is 4.55. The Morgan fingerprint density at radius 1 is 1.24 bits per heavy atom. The van der Waals surface area contributed by atoms with E-state index in [0.717, 1.165) is 13.1 Å². The fourth-order valence-corrected chi connectivity index (χ4v) is 1.96. The third kappa shape index (κ3) is 4.27. The van der Waals surface area contributed by atoms with E-state index in [4.69, 9.17) is 0 Å². The van der Waals surface area contributed by atoms with Gasteiger partial charge < -0.3 is 5.32 Å². The van der Waals surface area contributed by atoms with Gasteiger partial charge in [0.05, 0.1) is 12.0 Å². The number of halogens is 3. The van der Waals surface area contributed by atoms with Gasteiger partial charge in [-0.3, -0.25) is 9.69 Å². The summed E-state index contributed by atoms with van der Waals surface area (Å²) >= 11 is 0. The molecule has 0 bridgehead atoms. The Hall–Kier alpha value is -0.620. The van der Waals surface area contributed by atoms with Gasteiger partial charge in [0.2, 0.25) is 0 Å². The number of carbonyl (C=O) groups is 1. The normalized spacial score (nSPS) is 19.4. The molecular weight excluding hydrogens is 233 g/mol. The molecule has 100 valence electrons. The van der Waals surface area contributed by atoms with Crippen molar-refractivity contribution in [3.63, 3.8) is 0 Å². The minimum absolute atomic E-state index is 0.336. The van der Waals surface area contributed by atoms with E-state index in [-0.39, 0.29) is 5.78 Å². The fraction of sp³-hybridized carbons (Fsp3) is 0.909. The number of nitrogens with one attached hydrogen (secondary N) is 1. The van der Waals surface area contributed by atoms with Crippen LogP contribution >= 0.6 is 0 Å². The monoisotopic (exact) mass is 252 g/mol. The van der Waals surface area contributed by atoms with Gasteiger partial charge in [0.25, 0.3) is 0 Å². The summed E-state index contributed by atoms with van der Waals surface area (Å²) in [6, 6.07) is 0. The van der Waals surface area contributed by atoms with E-state index in [1.165, 1.54) is 0 Å². The van der Waals surface area contributed by atoms with E-state index < -0.39 is 24.6 Å². The second kappa shape index (κ2) is 5.35. The molecule has 6 heteroatoms. The van der Waals surface area contributed by atoms with Gasteiger partial charge in [0.1, 0.15) is 0 Å². The number of alkyl halides is 3. The molecule has 0 spiro atoms. The van der Waals surface area contributed by atoms with Gasteiger partial charge in [-0.1, -0.05) is 0 Å². The number of ketones is 1. The highest BCUT2D eigenvalue weighted by atomic mass is 19.4. The molecule has 0 unspecified atom stereocenters. The summed E-state index contributed by atoms with van der Waals surface area (Å²) in [6.45, 7) is 6.36. The molecule has 0 aromatic carbocycles. The van der Waals surface area contributed by atoms with Gasteiger partial charge in [0, 0.05) is 32.6 Å². The van der Waals surface area contributed by atoms with Crippen molar-refractivity contribution in [1.29, 1.82) is 0 Å². The molecule has 17 heavy (non-hydrogen) atoms. The van der Waals surface area contributed by atoms with Crippen molar-refractivity contribution in [3.05, 3.63) is 0 Å². The number of carbonyl (C=O) groups excluding carboxylic acids is 1. The molecule has 1 N–H and O–H groups in total. The quantitative estimate of drug-likeness (QED) is 0.824. The second-order valence-electron chi connectivity index (χ2n) is 4.83. The van der Waals surface area contributed by atoms with Gasteiger partial charge in [-0.15, -0.1) is 0 Å². The van der Waals surface area contributed by atoms with Crippen LogP contribution in [0.2, 0.25) is 0 Å². The molecule has 1 heterocycles. The van der Waals surface area contributed by atoms with Crippen molar-refractivity contribution in [3.8, 4) is 0 Å². The van der Waals surface area contributed by atoms with Crippen LogP contribution in [0.15, 0.2) is 0 Å². The van der Waals surface area contributed by atoms with E-state index in [2.05, 4.69) is 5.32 Å². The fourth-order valence-electron chi connectivity index (χ4n) is 1.96. The summed E-state index contributed by atoms with van der Waals surface area (Å²) in [5, 5.41) is 3.15. The summed E-state index contributed by atoms with van der Waals surface area (Å²) in [7, 11) is 0. The maximum atomic E-state index is 12.1. The highest BCUT2D eigenvalue weighted by Gasteiger charge is 2.37. The van der Waals surface area contributed by atoms with Gasteiger partial charge in [-0.05, 0) is 13.8 Å². The van der Waals surface area contributed by atoms with Crippen LogP contribution in [-0.4, -0.2) is 48.6 Å². The lowest BCUT2D eigenvalue weighted by molar-refractivity contribution is -0.148. The first-order chi connectivity index (χ1) is 7.73. The van der Waals surface area contributed by atoms with Gasteiger partial charge in [-0.2, -0.15) is 13.2 Å². The zero-order valence-electron chi connectivity index (χ0n) is 10.2. The Balaban J connectivity index is 2.53. The van der Waals surface area contributed by atoms with Crippen LogP contribution in [0.5, 0.6) is 0 Å². The van der Waals surface area contributed by atoms with Crippen molar-refractivity contribution in [2.24, 2.45) is 0 Å². The summed E-state index contributed by atoms with van der Waals surface area (Å²) in [5.74, 6) is -0.336. The third-order valence-electron chi connectivity index (χ3n) is 3.23. The number of piperazine rings is 1. The number of rotatable bonds is 4. The standard InChI is InChI=1S/C11H19F3N2O/c1-10(2,16-7-5-15-6-8-16)9(17)3-4-11(12,13)14/h15H,3-8H2,1-2H3. The smallest absolute Gasteiger partial charge is 0.314 e. The summed E-state index contributed by atoms with van der Waals surface area (Å²) in [6.07, 6.45) is -5.71. The minimum Gasteiger partial charge on any atom is -0.314 e. The van der Waals surface area contributed by atoms with E-state index in [0.29, 0.717) is 13.1 Å². The molecule has 0 amide bonds. The molecule has 1 aliphatic heterocycles. The first kappa shape index (κ1) is 14.4. The van der Waals surface area contributed by atoms with E-state index in [1.807, 2.05) is 4.90 Å². The molecule has 1 fully saturated rings. The highest BCUT2D eigenvalue weighted by molar-refractivity contribution is 5.87. The van der Waals surface area contributed by atoms with Gasteiger partial charge >= 0.3 is 6.18 Å². The van der Waals surface area contributed by atoms with Crippen LogP contribution in [0.1, 0.15) is 26.7 Å². The van der Waals surface area contributed by atoms with Crippen molar-refractivity contribution < 1.29 is 18.0 Å². The molecule has 0 atom stereocenters. The van der Waals surface area contributed by atoms with Crippen molar-refractivity contribution in [1.82, 2.24) is 10.2 Å². The Morgan fingerprint density at radius 2 is 1.76 bits per heavy atom. The number of hydrogen-bond acceptors (Lipinski definition) is 3. The first-order valence-corrected chi connectivity index (χ1v) is 5.79. The predicted octanol–water partition coefficient (Wildman–Crippen LogP) is 1.58. The Morgan fingerprint density at radius 3 is 2.24 bits per heavy atom. The average Bonchev–Trinajstić information content (AvgIpc) is 2.26. The number of Topliss-reactive ketones (excluding diaryl/α,β-unsaturated/α-hetero) is 1. The molecule has 1 rings (SSSR count). The van der Waals surface area contributed by atoms with Crippen LogP contribution < -0.4 is 5.32 Å².